The summed E-state index contributed by atoms with van der Waals surface area (Å²) in [5.41, 5.74) is 5.13. The molecule has 4 heteroatoms. The van der Waals surface area contributed by atoms with Crippen LogP contribution in [0.25, 0.3) is 0 Å². The molecule has 2 rings (SSSR count). The van der Waals surface area contributed by atoms with E-state index in [1.165, 1.54) is 12.8 Å². The first-order chi connectivity index (χ1) is 8.60. The molecule has 0 spiro atoms. The molecule has 0 saturated heterocycles. The van der Waals surface area contributed by atoms with Crippen molar-refractivity contribution in [2.45, 2.75) is 44.2 Å². The second-order valence-corrected chi connectivity index (χ2v) is 6.12. The summed E-state index contributed by atoms with van der Waals surface area (Å²) in [6.45, 7) is 4.97. The van der Waals surface area contributed by atoms with E-state index in [0.29, 0.717) is 25.0 Å². The first-order valence-corrected chi connectivity index (χ1v) is 7.26. The maximum atomic E-state index is 10.7. The summed E-state index contributed by atoms with van der Waals surface area (Å²) in [5.74, 6) is 1.22. The van der Waals surface area contributed by atoms with Crippen LogP contribution < -0.4 is 5.73 Å². The number of methoxy groups -OCH3 is 1. The average Bonchev–Trinajstić information content (AvgIpc) is 3.21. The van der Waals surface area contributed by atoms with Gasteiger partial charge in [0.25, 0.3) is 0 Å². The number of rotatable bonds is 9. The molecule has 0 aromatic heterocycles. The summed E-state index contributed by atoms with van der Waals surface area (Å²) in [7, 11) is 1.73. The molecule has 0 amide bonds. The molecular weight excluding hydrogens is 228 g/mol. The minimum atomic E-state index is -0.684. The number of nitrogens with zero attached hydrogens (tertiary/aromatic N) is 1. The molecule has 0 aliphatic heterocycles. The summed E-state index contributed by atoms with van der Waals surface area (Å²) in [6.07, 6.45) is 4.91. The van der Waals surface area contributed by atoms with Crippen molar-refractivity contribution in [1.82, 2.24) is 4.90 Å². The Balaban J connectivity index is 1.93. The van der Waals surface area contributed by atoms with Gasteiger partial charge in [-0.2, -0.15) is 0 Å². The average molecular weight is 256 g/mol. The Kier molecular flexibility index (Phi) is 4.64. The number of hydrogen-bond acceptors (Lipinski definition) is 4. The zero-order chi connectivity index (χ0) is 13.2. The molecule has 106 valence electrons. The third-order valence-electron chi connectivity index (χ3n) is 4.63. The highest BCUT2D eigenvalue weighted by Gasteiger charge is 2.45. The monoisotopic (exact) mass is 256 g/mol. The van der Waals surface area contributed by atoms with Gasteiger partial charge < -0.3 is 15.6 Å². The molecule has 4 nitrogen and oxygen atoms in total. The fourth-order valence-electron chi connectivity index (χ4n) is 2.84. The number of ether oxygens (including phenoxy) is 1. The third-order valence-corrected chi connectivity index (χ3v) is 4.63. The Labute approximate surface area is 110 Å². The van der Waals surface area contributed by atoms with Gasteiger partial charge in [0.05, 0.1) is 12.2 Å². The summed E-state index contributed by atoms with van der Waals surface area (Å²) in [4.78, 5) is 2.38. The fraction of sp³-hybridized carbons (Fsp3) is 1.00. The van der Waals surface area contributed by atoms with Crippen molar-refractivity contribution in [3.63, 3.8) is 0 Å². The number of aliphatic hydroxyl groups is 1. The summed E-state index contributed by atoms with van der Waals surface area (Å²) in [5, 5.41) is 10.7. The molecule has 0 radical (unpaired) electrons. The van der Waals surface area contributed by atoms with Gasteiger partial charge in [-0.3, -0.25) is 4.90 Å². The van der Waals surface area contributed by atoms with Crippen LogP contribution in [0.4, 0.5) is 0 Å². The predicted octanol–water partition coefficient (Wildman–Crippen LogP) is 0.833. The lowest BCUT2D eigenvalue weighted by Gasteiger charge is -2.37. The molecule has 2 saturated carbocycles. The van der Waals surface area contributed by atoms with E-state index in [4.69, 9.17) is 10.5 Å². The predicted molar refractivity (Wildman–Crippen MR) is 72.4 cm³/mol. The maximum absolute atomic E-state index is 10.7. The van der Waals surface area contributed by atoms with Crippen molar-refractivity contribution in [3.8, 4) is 0 Å². The molecule has 18 heavy (non-hydrogen) atoms. The summed E-state index contributed by atoms with van der Waals surface area (Å²) >= 11 is 0. The van der Waals surface area contributed by atoms with E-state index in [2.05, 4.69) is 11.8 Å². The lowest BCUT2D eigenvalue weighted by molar-refractivity contribution is -0.0258. The van der Waals surface area contributed by atoms with Crippen LogP contribution >= 0.6 is 0 Å². The largest absolute Gasteiger partial charge is 0.387 e. The molecule has 0 aromatic carbocycles. The molecule has 0 aromatic rings. The Hall–Kier alpha value is -0.160. The van der Waals surface area contributed by atoms with E-state index < -0.39 is 5.60 Å². The van der Waals surface area contributed by atoms with Gasteiger partial charge in [0.1, 0.15) is 0 Å². The van der Waals surface area contributed by atoms with E-state index in [1.807, 2.05) is 0 Å². The van der Waals surface area contributed by atoms with Gasteiger partial charge in [-0.25, -0.2) is 0 Å². The molecule has 0 bridgehead atoms. The molecule has 0 heterocycles. The van der Waals surface area contributed by atoms with Crippen LogP contribution in [0, 0.1) is 11.8 Å². The zero-order valence-electron chi connectivity index (χ0n) is 11.8. The number of hydrogen-bond donors (Lipinski definition) is 2. The van der Waals surface area contributed by atoms with Crippen molar-refractivity contribution >= 4 is 0 Å². The van der Waals surface area contributed by atoms with Crippen LogP contribution in [-0.4, -0.2) is 55.0 Å². The van der Waals surface area contributed by atoms with Gasteiger partial charge in [0.2, 0.25) is 0 Å². The van der Waals surface area contributed by atoms with Gasteiger partial charge in [0.15, 0.2) is 0 Å². The highest BCUT2D eigenvalue weighted by Crippen LogP contribution is 2.41. The third kappa shape index (κ3) is 3.44. The first-order valence-electron chi connectivity index (χ1n) is 7.26. The van der Waals surface area contributed by atoms with E-state index in [0.717, 1.165) is 31.9 Å². The maximum Gasteiger partial charge on any atom is 0.0923 e. The molecule has 2 atom stereocenters. The van der Waals surface area contributed by atoms with Crippen molar-refractivity contribution in [1.29, 1.82) is 0 Å². The normalized spacial score (nSPS) is 25.2. The second-order valence-electron chi connectivity index (χ2n) is 6.12. The smallest absolute Gasteiger partial charge is 0.0923 e. The van der Waals surface area contributed by atoms with E-state index in [1.54, 1.807) is 7.11 Å². The SMILES string of the molecule is COCCN(CC(O)(CN)C1CC1)C(C)C1CC1. The Morgan fingerprint density at radius 2 is 2.06 bits per heavy atom. The molecule has 2 aliphatic rings. The Morgan fingerprint density at radius 3 is 2.50 bits per heavy atom. The van der Waals surface area contributed by atoms with Gasteiger partial charge in [-0.1, -0.05) is 0 Å². The van der Waals surface area contributed by atoms with Crippen LogP contribution in [0.3, 0.4) is 0 Å². The molecule has 2 unspecified atom stereocenters. The zero-order valence-corrected chi connectivity index (χ0v) is 11.8. The molecule has 2 fully saturated rings. The summed E-state index contributed by atoms with van der Waals surface area (Å²) < 4.78 is 5.19. The quantitative estimate of drug-likeness (QED) is 0.641. The lowest BCUT2D eigenvalue weighted by Crippen LogP contribution is -2.53. The molecular formula is C14H28N2O2. The van der Waals surface area contributed by atoms with Crippen LogP contribution in [-0.2, 0) is 4.74 Å². The first kappa shape index (κ1) is 14.3. The van der Waals surface area contributed by atoms with Gasteiger partial charge in [-0.15, -0.1) is 0 Å². The van der Waals surface area contributed by atoms with Crippen LogP contribution in [0.5, 0.6) is 0 Å². The van der Waals surface area contributed by atoms with Gasteiger partial charge in [-0.05, 0) is 44.4 Å². The van der Waals surface area contributed by atoms with Crippen molar-refractivity contribution in [2.75, 3.05) is 33.4 Å². The van der Waals surface area contributed by atoms with E-state index >= 15 is 0 Å². The lowest BCUT2D eigenvalue weighted by atomic mass is 9.96. The van der Waals surface area contributed by atoms with Crippen molar-refractivity contribution in [2.24, 2.45) is 17.6 Å². The molecule has 3 N–H and O–H groups in total. The number of nitrogens with two attached hydrogens (primary N) is 1. The second kappa shape index (κ2) is 5.87. The van der Waals surface area contributed by atoms with E-state index in [-0.39, 0.29) is 0 Å². The Morgan fingerprint density at radius 1 is 1.39 bits per heavy atom. The fourth-order valence-corrected chi connectivity index (χ4v) is 2.84. The van der Waals surface area contributed by atoms with Crippen molar-refractivity contribution < 1.29 is 9.84 Å². The highest BCUT2D eigenvalue weighted by atomic mass is 16.5. The molecule has 2 aliphatic carbocycles. The standard InChI is InChI=1S/C14H28N2O2/c1-11(12-3-4-12)16(7-8-18-2)10-14(17,9-15)13-5-6-13/h11-13,17H,3-10,15H2,1-2H3. The topological polar surface area (TPSA) is 58.7 Å². The van der Waals surface area contributed by atoms with Crippen LogP contribution in [0.2, 0.25) is 0 Å². The minimum absolute atomic E-state index is 0.374. The summed E-state index contributed by atoms with van der Waals surface area (Å²) in [6, 6.07) is 0.539. The van der Waals surface area contributed by atoms with E-state index in [9.17, 15) is 5.11 Å². The minimum Gasteiger partial charge on any atom is -0.387 e. The highest BCUT2D eigenvalue weighted by molar-refractivity contribution is 4.99. The Bertz CT molecular complexity index is 267. The van der Waals surface area contributed by atoms with Crippen molar-refractivity contribution in [3.05, 3.63) is 0 Å². The van der Waals surface area contributed by atoms with Gasteiger partial charge in [0, 0.05) is 32.8 Å². The van der Waals surface area contributed by atoms with Crippen LogP contribution in [0.1, 0.15) is 32.6 Å². The van der Waals surface area contributed by atoms with Crippen LogP contribution in [0.15, 0.2) is 0 Å². The van der Waals surface area contributed by atoms with Gasteiger partial charge >= 0.3 is 0 Å².